The van der Waals surface area contributed by atoms with Gasteiger partial charge >= 0.3 is 0 Å². The number of methoxy groups -OCH3 is 1. The molecule has 2 N–H and O–H groups in total. The van der Waals surface area contributed by atoms with Crippen molar-refractivity contribution in [1.29, 1.82) is 0 Å². The number of amides is 1. The number of piperidine rings is 1. The van der Waals surface area contributed by atoms with Crippen LogP contribution in [-0.2, 0) is 4.79 Å². The van der Waals surface area contributed by atoms with Crippen LogP contribution in [0.2, 0.25) is 0 Å². The first-order chi connectivity index (χ1) is 9.65. The van der Waals surface area contributed by atoms with Crippen LogP contribution in [0.15, 0.2) is 18.2 Å². The van der Waals surface area contributed by atoms with E-state index in [2.05, 4.69) is 10.6 Å². The molecule has 1 saturated heterocycles. The number of rotatable bonds is 4. The molecule has 0 saturated carbocycles. The Morgan fingerprint density at radius 2 is 2.35 bits per heavy atom. The summed E-state index contributed by atoms with van der Waals surface area (Å²) in [6.07, 6.45) is 1.60. The van der Waals surface area contributed by atoms with Crippen molar-refractivity contribution in [2.24, 2.45) is 0 Å². The standard InChI is InChI=1S/C15H21FN2O2/c1-3-17-15(19)13-9-11(6-7-18-13)10-4-5-14(20-2)12(16)8-10/h4-5,8,11,13,18H,3,6-7,9H2,1-2H3,(H,17,19). The normalized spacial score (nSPS) is 22.4. The molecule has 110 valence electrons. The first-order valence-corrected chi connectivity index (χ1v) is 7.00. The molecule has 0 aliphatic carbocycles. The van der Waals surface area contributed by atoms with Crippen LogP contribution in [0, 0.1) is 5.82 Å². The molecule has 0 aromatic heterocycles. The number of hydrogen-bond donors (Lipinski definition) is 2. The summed E-state index contributed by atoms with van der Waals surface area (Å²) in [6.45, 7) is 3.29. The summed E-state index contributed by atoms with van der Waals surface area (Å²) in [6, 6.07) is 4.85. The van der Waals surface area contributed by atoms with Gasteiger partial charge in [-0.1, -0.05) is 6.07 Å². The lowest BCUT2D eigenvalue weighted by Crippen LogP contribution is -2.48. The van der Waals surface area contributed by atoms with Crippen LogP contribution in [0.4, 0.5) is 4.39 Å². The van der Waals surface area contributed by atoms with Gasteiger partial charge in [-0.15, -0.1) is 0 Å². The summed E-state index contributed by atoms with van der Waals surface area (Å²) in [5.74, 6) is 0.122. The second-order valence-corrected chi connectivity index (χ2v) is 5.02. The predicted octanol–water partition coefficient (Wildman–Crippen LogP) is 1.81. The lowest BCUT2D eigenvalue weighted by molar-refractivity contribution is -0.123. The minimum absolute atomic E-state index is 0.0196. The molecule has 2 rings (SSSR count). The largest absolute Gasteiger partial charge is 0.494 e. The zero-order valence-corrected chi connectivity index (χ0v) is 11.9. The molecule has 5 heteroatoms. The molecule has 1 aromatic rings. The van der Waals surface area contributed by atoms with Crippen LogP contribution < -0.4 is 15.4 Å². The topological polar surface area (TPSA) is 50.4 Å². The minimum atomic E-state index is -0.349. The molecule has 1 aliphatic rings. The van der Waals surface area contributed by atoms with E-state index in [1.54, 1.807) is 6.07 Å². The fourth-order valence-corrected chi connectivity index (χ4v) is 2.65. The fourth-order valence-electron chi connectivity index (χ4n) is 2.65. The van der Waals surface area contributed by atoms with Crippen LogP contribution >= 0.6 is 0 Å². The van der Waals surface area contributed by atoms with Crippen molar-refractivity contribution in [2.75, 3.05) is 20.2 Å². The average Bonchev–Trinajstić information content (AvgIpc) is 2.47. The van der Waals surface area contributed by atoms with E-state index in [0.717, 1.165) is 18.5 Å². The van der Waals surface area contributed by atoms with Crippen LogP contribution in [-0.4, -0.2) is 32.1 Å². The first-order valence-electron chi connectivity index (χ1n) is 7.00. The van der Waals surface area contributed by atoms with Gasteiger partial charge in [-0.25, -0.2) is 4.39 Å². The highest BCUT2D eigenvalue weighted by Gasteiger charge is 2.27. The van der Waals surface area contributed by atoms with Crippen LogP contribution in [0.1, 0.15) is 31.2 Å². The highest BCUT2D eigenvalue weighted by molar-refractivity contribution is 5.81. The number of nitrogens with one attached hydrogen (secondary N) is 2. The maximum absolute atomic E-state index is 13.8. The third kappa shape index (κ3) is 3.28. The minimum Gasteiger partial charge on any atom is -0.494 e. The quantitative estimate of drug-likeness (QED) is 0.884. The van der Waals surface area contributed by atoms with Crippen molar-refractivity contribution in [3.05, 3.63) is 29.6 Å². The fraction of sp³-hybridized carbons (Fsp3) is 0.533. The van der Waals surface area contributed by atoms with E-state index in [1.165, 1.54) is 13.2 Å². The monoisotopic (exact) mass is 280 g/mol. The molecule has 2 unspecified atom stereocenters. The Morgan fingerprint density at radius 1 is 1.55 bits per heavy atom. The van der Waals surface area contributed by atoms with Crippen molar-refractivity contribution in [3.8, 4) is 5.75 Å². The van der Waals surface area contributed by atoms with Crippen molar-refractivity contribution < 1.29 is 13.9 Å². The Kier molecular flexibility index (Phi) is 4.95. The van der Waals surface area contributed by atoms with Crippen LogP contribution in [0.25, 0.3) is 0 Å². The van der Waals surface area contributed by atoms with Crippen LogP contribution in [0.5, 0.6) is 5.75 Å². The van der Waals surface area contributed by atoms with Crippen molar-refractivity contribution in [3.63, 3.8) is 0 Å². The first kappa shape index (κ1) is 14.8. The van der Waals surface area contributed by atoms with E-state index in [4.69, 9.17) is 4.74 Å². The van der Waals surface area contributed by atoms with Gasteiger partial charge in [0.2, 0.25) is 5.91 Å². The SMILES string of the molecule is CCNC(=O)C1CC(c2ccc(OC)c(F)c2)CCN1. The second-order valence-electron chi connectivity index (χ2n) is 5.02. The molecule has 0 bridgehead atoms. The number of hydrogen-bond acceptors (Lipinski definition) is 3. The zero-order chi connectivity index (χ0) is 14.5. The molecule has 0 radical (unpaired) electrons. The lowest BCUT2D eigenvalue weighted by Gasteiger charge is -2.29. The van der Waals surface area contributed by atoms with Gasteiger partial charge in [0.1, 0.15) is 0 Å². The van der Waals surface area contributed by atoms with Gasteiger partial charge in [-0.3, -0.25) is 4.79 Å². The highest BCUT2D eigenvalue weighted by Crippen LogP contribution is 2.30. The Hall–Kier alpha value is -1.62. The van der Waals surface area contributed by atoms with Gasteiger partial charge in [-0.2, -0.15) is 0 Å². The summed E-state index contributed by atoms with van der Waals surface area (Å²) in [4.78, 5) is 11.9. The molecular formula is C15H21FN2O2. The number of carbonyl (C=O) groups is 1. The third-order valence-electron chi connectivity index (χ3n) is 3.72. The maximum atomic E-state index is 13.8. The molecule has 1 aliphatic heterocycles. The Morgan fingerprint density at radius 3 is 3.00 bits per heavy atom. The van der Waals surface area contributed by atoms with Crippen LogP contribution in [0.3, 0.4) is 0 Å². The Balaban J connectivity index is 2.08. The van der Waals surface area contributed by atoms with Gasteiger partial charge < -0.3 is 15.4 Å². The number of benzene rings is 1. The zero-order valence-electron chi connectivity index (χ0n) is 11.9. The van der Waals surface area contributed by atoms with Gasteiger partial charge in [0.15, 0.2) is 11.6 Å². The molecular weight excluding hydrogens is 259 g/mol. The number of halogens is 1. The number of carbonyl (C=O) groups excluding carboxylic acids is 1. The average molecular weight is 280 g/mol. The summed E-state index contributed by atoms with van der Waals surface area (Å²) < 4.78 is 18.7. The molecule has 2 atom stereocenters. The summed E-state index contributed by atoms with van der Waals surface area (Å²) in [7, 11) is 1.45. The Labute approximate surface area is 118 Å². The lowest BCUT2D eigenvalue weighted by atomic mass is 9.86. The van der Waals surface area contributed by atoms with E-state index in [0.29, 0.717) is 13.0 Å². The molecule has 20 heavy (non-hydrogen) atoms. The van der Waals surface area contributed by atoms with Crippen molar-refractivity contribution in [2.45, 2.75) is 31.7 Å². The summed E-state index contributed by atoms with van der Waals surface area (Å²) in [5, 5.41) is 6.03. The highest BCUT2D eigenvalue weighted by atomic mass is 19.1. The summed E-state index contributed by atoms with van der Waals surface area (Å²) in [5.41, 5.74) is 0.930. The molecule has 1 amide bonds. The van der Waals surface area contributed by atoms with Crippen molar-refractivity contribution in [1.82, 2.24) is 10.6 Å². The summed E-state index contributed by atoms with van der Waals surface area (Å²) >= 11 is 0. The number of ether oxygens (including phenoxy) is 1. The van der Waals surface area contributed by atoms with E-state index < -0.39 is 0 Å². The van der Waals surface area contributed by atoms with Crippen molar-refractivity contribution >= 4 is 5.91 Å². The van der Waals surface area contributed by atoms with E-state index in [1.807, 2.05) is 13.0 Å². The second kappa shape index (κ2) is 6.70. The van der Waals surface area contributed by atoms with E-state index in [9.17, 15) is 9.18 Å². The van der Waals surface area contributed by atoms with Gasteiger partial charge in [-0.05, 0) is 49.9 Å². The molecule has 1 fully saturated rings. The molecule has 4 nitrogen and oxygen atoms in total. The Bertz CT molecular complexity index is 479. The number of likely N-dealkylation sites (N-methyl/N-ethyl adjacent to an activating group) is 1. The van der Waals surface area contributed by atoms with Gasteiger partial charge in [0.05, 0.1) is 13.2 Å². The van der Waals surface area contributed by atoms with E-state index in [-0.39, 0.29) is 29.4 Å². The third-order valence-corrected chi connectivity index (χ3v) is 3.72. The molecule has 0 spiro atoms. The molecule has 1 heterocycles. The predicted molar refractivity (Wildman–Crippen MR) is 75.4 cm³/mol. The maximum Gasteiger partial charge on any atom is 0.237 e. The van der Waals surface area contributed by atoms with Gasteiger partial charge in [0.25, 0.3) is 0 Å². The van der Waals surface area contributed by atoms with E-state index >= 15 is 0 Å². The molecule has 1 aromatic carbocycles. The smallest absolute Gasteiger partial charge is 0.237 e. The van der Waals surface area contributed by atoms with Gasteiger partial charge in [0, 0.05) is 6.54 Å².